The Bertz CT molecular complexity index is 1950. The summed E-state index contributed by atoms with van der Waals surface area (Å²) in [4.78, 5) is 33.3. The van der Waals surface area contributed by atoms with Crippen LogP contribution >= 0.6 is 0 Å². The fraction of sp³-hybridized carbons (Fsp3) is 0.717. The maximum absolute atomic E-state index is 15.4. The molecule has 3 N–H and O–H groups in total. The van der Waals surface area contributed by atoms with E-state index in [0.29, 0.717) is 30.6 Å². The molecule has 9 heteroatoms. The highest BCUT2D eigenvalue weighted by atomic mass is 16.5. The molecule has 4 heterocycles. The van der Waals surface area contributed by atoms with Gasteiger partial charge in [0.05, 0.1) is 31.9 Å². The number of H-pyrrole nitrogens is 1. The van der Waals surface area contributed by atoms with Gasteiger partial charge in [0.2, 0.25) is 5.91 Å². The van der Waals surface area contributed by atoms with Crippen molar-refractivity contribution in [3.63, 3.8) is 0 Å². The Morgan fingerprint density at radius 3 is 2.49 bits per heavy atom. The van der Waals surface area contributed by atoms with E-state index >= 15 is 4.79 Å². The summed E-state index contributed by atoms with van der Waals surface area (Å²) in [6, 6.07) is 2.25. The van der Waals surface area contributed by atoms with Crippen molar-refractivity contribution in [2.75, 3.05) is 38.6 Å². The number of furan rings is 1. The van der Waals surface area contributed by atoms with Gasteiger partial charge in [-0.25, -0.2) is 0 Å². The van der Waals surface area contributed by atoms with E-state index in [-0.39, 0.29) is 44.7 Å². The maximum atomic E-state index is 15.4. The van der Waals surface area contributed by atoms with Gasteiger partial charge in [0.1, 0.15) is 11.6 Å². The zero-order chi connectivity index (χ0) is 38.9. The van der Waals surface area contributed by atoms with Gasteiger partial charge in [0, 0.05) is 47.3 Å². The molecule has 5 fully saturated rings. The molecule has 2 aromatic rings. The van der Waals surface area contributed by atoms with Gasteiger partial charge in [0.25, 0.3) is 0 Å². The molecule has 298 valence electrons. The van der Waals surface area contributed by atoms with E-state index in [2.05, 4.69) is 76.2 Å². The number of fused-ring (bicyclic) bond motifs is 8. The van der Waals surface area contributed by atoms with Crippen LogP contribution in [0.2, 0.25) is 0 Å². The second-order valence-corrected chi connectivity index (χ2v) is 21.0. The molecule has 5 aliphatic carbocycles. The number of hydrogen-bond acceptors (Lipinski definition) is 7. The minimum Gasteiger partial charge on any atom is -0.467 e. The number of nitrogens with zero attached hydrogens (tertiary/aromatic N) is 3. The normalized spacial score (nSPS) is 39.5. The number of hydrogen-bond donors (Lipinski definition) is 2. The fourth-order valence-electron chi connectivity index (χ4n) is 14.7. The number of carbonyl (C=O) groups is 2. The SMILES string of the molecule is C=CN1CCC(C(=O)[C@]23CCC(C)(C)C[C@H]2C2=C(c4ccoc4CN4CCOCC4)CC4[C@@]5(C)Cc6c(N)n[nH]c6C(C)(C)[C@@H]5CC[C@@]4(C)[C@]2(C)CC3)C1=O. The van der Waals surface area contributed by atoms with Crippen molar-refractivity contribution < 1.29 is 18.7 Å². The van der Waals surface area contributed by atoms with Crippen molar-refractivity contribution in [2.45, 2.75) is 125 Å². The first-order valence-electron chi connectivity index (χ1n) is 21.4. The van der Waals surface area contributed by atoms with Crippen molar-refractivity contribution in [3.05, 3.63) is 53.3 Å². The van der Waals surface area contributed by atoms with Crippen molar-refractivity contribution >= 4 is 23.1 Å². The molecular formula is C46H65N5O4. The lowest BCUT2D eigenvalue weighted by molar-refractivity contribution is -0.167. The van der Waals surface area contributed by atoms with Gasteiger partial charge < -0.3 is 19.8 Å². The van der Waals surface area contributed by atoms with E-state index in [1.54, 1.807) is 11.1 Å². The first kappa shape index (κ1) is 37.4. The Morgan fingerprint density at radius 2 is 1.76 bits per heavy atom. The Kier molecular flexibility index (Phi) is 8.44. The second-order valence-electron chi connectivity index (χ2n) is 21.0. The van der Waals surface area contributed by atoms with E-state index in [4.69, 9.17) is 14.9 Å². The molecule has 0 radical (unpaired) electrons. The molecule has 2 unspecified atom stereocenters. The van der Waals surface area contributed by atoms with Gasteiger partial charge in [-0.2, -0.15) is 5.10 Å². The number of nitrogens with two attached hydrogens (primary N) is 1. The van der Waals surface area contributed by atoms with Crippen LogP contribution in [0.1, 0.15) is 129 Å². The van der Waals surface area contributed by atoms with Gasteiger partial charge in [-0.15, -0.1) is 0 Å². The van der Waals surface area contributed by atoms with E-state index in [1.165, 1.54) is 28.0 Å². The van der Waals surface area contributed by atoms with Crippen LogP contribution in [0.5, 0.6) is 0 Å². The van der Waals surface area contributed by atoms with E-state index in [1.807, 2.05) is 6.26 Å². The van der Waals surface area contributed by atoms with E-state index < -0.39 is 11.3 Å². The molecule has 0 spiro atoms. The topological polar surface area (TPSA) is 118 Å². The highest BCUT2D eigenvalue weighted by Gasteiger charge is 2.71. The third-order valence-corrected chi connectivity index (χ3v) is 17.8. The van der Waals surface area contributed by atoms with Gasteiger partial charge in [0.15, 0.2) is 5.78 Å². The summed E-state index contributed by atoms with van der Waals surface area (Å²) in [6.45, 7) is 26.0. The lowest BCUT2D eigenvalue weighted by Gasteiger charge is -2.71. The lowest BCUT2D eigenvalue weighted by Crippen LogP contribution is -2.65. The number of anilines is 1. The Morgan fingerprint density at radius 1 is 1.02 bits per heavy atom. The summed E-state index contributed by atoms with van der Waals surface area (Å²) in [5.74, 6) is 2.17. The number of nitrogen functional groups attached to an aromatic ring is 1. The summed E-state index contributed by atoms with van der Waals surface area (Å²) in [5, 5.41) is 7.98. The third kappa shape index (κ3) is 5.12. The first-order chi connectivity index (χ1) is 26.0. The average molecular weight is 752 g/mol. The van der Waals surface area contributed by atoms with Crippen LogP contribution in [0.4, 0.5) is 5.82 Å². The average Bonchev–Trinajstić information content (AvgIpc) is 3.86. The highest BCUT2D eigenvalue weighted by molar-refractivity contribution is 6.06. The Hall–Kier alpha value is -3.17. The van der Waals surface area contributed by atoms with Crippen LogP contribution < -0.4 is 5.73 Å². The molecule has 55 heavy (non-hydrogen) atoms. The number of Topliss-reactive ketones (excluding diaryl/α,β-unsaturated/α-hetero) is 1. The smallest absolute Gasteiger partial charge is 0.237 e. The zero-order valence-corrected chi connectivity index (χ0v) is 34.6. The van der Waals surface area contributed by atoms with Crippen molar-refractivity contribution in [2.24, 2.45) is 50.7 Å². The third-order valence-electron chi connectivity index (χ3n) is 17.8. The van der Waals surface area contributed by atoms with Crippen molar-refractivity contribution in [3.8, 4) is 0 Å². The van der Waals surface area contributed by atoms with Crippen LogP contribution in [-0.2, 0) is 32.7 Å². The largest absolute Gasteiger partial charge is 0.467 e. The van der Waals surface area contributed by atoms with Gasteiger partial charge in [-0.3, -0.25) is 19.6 Å². The predicted octanol–water partition coefficient (Wildman–Crippen LogP) is 8.32. The zero-order valence-electron chi connectivity index (χ0n) is 34.6. The van der Waals surface area contributed by atoms with Crippen molar-refractivity contribution in [1.82, 2.24) is 20.0 Å². The van der Waals surface area contributed by atoms with Crippen LogP contribution in [0.3, 0.4) is 0 Å². The van der Waals surface area contributed by atoms with Crippen LogP contribution in [0.15, 0.2) is 35.1 Å². The molecule has 3 saturated carbocycles. The lowest BCUT2D eigenvalue weighted by atomic mass is 9.32. The number of morpholine rings is 1. The van der Waals surface area contributed by atoms with E-state index in [0.717, 1.165) is 96.4 Å². The monoisotopic (exact) mass is 752 g/mol. The Labute approximate surface area is 328 Å². The first-order valence-corrected chi connectivity index (χ1v) is 21.4. The predicted molar refractivity (Wildman–Crippen MR) is 214 cm³/mol. The molecule has 9 rings (SSSR count). The molecule has 2 aliphatic heterocycles. The molecular weight excluding hydrogens is 687 g/mol. The minimum absolute atomic E-state index is 0.00309. The summed E-state index contributed by atoms with van der Waals surface area (Å²) in [5.41, 5.74) is 12.6. The number of rotatable bonds is 6. The summed E-state index contributed by atoms with van der Waals surface area (Å²) >= 11 is 0. The highest BCUT2D eigenvalue weighted by Crippen LogP contribution is 2.77. The second kappa shape index (κ2) is 12.4. The van der Waals surface area contributed by atoms with Crippen LogP contribution in [-0.4, -0.2) is 64.5 Å². The summed E-state index contributed by atoms with van der Waals surface area (Å²) < 4.78 is 12.2. The number of ketones is 1. The number of allylic oxidation sites excluding steroid dienone is 2. The van der Waals surface area contributed by atoms with Crippen LogP contribution in [0.25, 0.3) is 5.57 Å². The number of carbonyl (C=O) groups excluding carboxylic acids is 2. The quantitative estimate of drug-likeness (QED) is 0.285. The molecule has 0 bridgehead atoms. The van der Waals surface area contributed by atoms with E-state index in [9.17, 15) is 4.79 Å². The minimum atomic E-state index is -0.582. The maximum Gasteiger partial charge on any atom is 0.237 e. The summed E-state index contributed by atoms with van der Waals surface area (Å²) in [7, 11) is 0. The number of amides is 1. The number of likely N-dealkylation sites (tertiary alicyclic amines) is 1. The number of aromatic nitrogens is 2. The number of ether oxygens (including phenoxy) is 1. The standard InChI is InChI=1S/C46H65N5O4/c1-9-51-18-11-29(40(51)53)38(52)46-16-14-41(2,3)26-32(46)36-30(28-12-21-55-33(28)27-50-19-22-54-23-20-50)24-35-43(6)25-31-37(48-49-39(31)47)42(4,5)34(43)10-13-44(35,7)45(36,8)15-17-46/h9,12,21,29,32,34-35H,1,10-11,13-20,22-27H2,2-8H3,(H3,47,48,49)/t29?,32-,34-,35?,43-,44+,45+,46-/m0/s1. The molecule has 2 saturated heterocycles. The van der Waals surface area contributed by atoms with Gasteiger partial charge in [-0.05, 0) is 121 Å². The molecule has 8 atom stereocenters. The number of nitrogens with one attached hydrogen (secondary N) is 1. The van der Waals surface area contributed by atoms with Gasteiger partial charge in [-0.1, -0.05) is 60.6 Å². The molecule has 7 aliphatic rings. The molecule has 1 amide bonds. The molecule has 9 nitrogen and oxygen atoms in total. The molecule has 0 aromatic carbocycles. The van der Waals surface area contributed by atoms with Gasteiger partial charge >= 0.3 is 0 Å². The molecule has 2 aromatic heterocycles. The summed E-state index contributed by atoms with van der Waals surface area (Å²) in [6.07, 6.45) is 12.9. The number of aromatic amines is 1. The Balaban J connectivity index is 1.25. The fourth-order valence-corrected chi connectivity index (χ4v) is 14.7. The van der Waals surface area contributed by atoms with Crippen LogP contribution in [0, 0.1) is 50.7 Å². The van der Waals surface area contributed by atoms with Crippen molar-refractivity contribution in [1.29, 1.82) is 0 Å².